The molecule has 0 saturated heterocycles. The minimum absolute atomic E-state index is 0.0335. The normalized spacial score (nSPS) is 28.5. The summed E-state index contributed by atoms with van der Waals surface area (Å²) in [7, 11) is 1.82. The van der Waals surface area contributed by atoms with Gasteiger partial charge in [0.25, 0.3) is 0 Å². The van der Waals surface area contributed by atoms with Crippen LogP contribution in [-0.2, 0) is 4.79 Å². The molecule has 2 saturated carbocycles. The molecule has 0 aromatic carbocycles. The van der Waals surface area contributed by atoms with Crippen LogP contribution in [0.1, 0.15) is 38.5 Å². The van der Waals surface area contributed by atoms with Crippen LogP contribution in [0.2, 0.25) is 0 Å². The zero-order valence-corrected chi connectivity index (χ0v) is 10.2. The van der Waals surface area contributed by atoms with Crippen molar-refractivity contribution in [3.05, 3.63) is 0 Å². The van der Waals surface area contributed by atoms with Gasteiger partial charge in [-0.3, -0.25) is 4.79 Å². The maximum Gasteiger partial charge on any atom is 0.317 e. The van der Waals surface area contributed by atoms with Gasteiger partial charge in [-0.15, -0.1) is 0 Å². The Morgan fingerprint density at radius 3 is 2.41 bits per heavy atom. The average Bonchev–Trinajstić information content (AvgIpc) is 2.63. The highest BCUT2D eigenvalue weighted by Crippen LogP contribution is 2.27. The largest absolute Gasteiger partial charge is 0.481 e. The van der Waals surface area contributed by atoms with Crippen LogP contribution in [0.4, 0.5) is 4.79 Å². The SMILES string of the molecule is CN(C(=O)NC1CCC(C(=O)O)C1)C1CCC1. The third kappa shape index (κ3) is 2.70. The monoisotopic (exact) mass is 240 g/mol. The molecule has 5 heteroatoms. The Hall–Kier alpha value is -1.26. The smallest absolute Gasteiger partial charge is 0.317 e. The number of urea groups is 1. The van der Waals surface area contributed by atoms with Crippen molar-refractivity contribution >= 4 is 12.0 Å². The van der Waals surface area contributed by atoms with E-state index in [-0.39, 0.29) is 18.0 Å². The van der Waals surface area contributed by atoms with E-state index in [0.29, 0.717) is 18.9 Å². The fourth-order valence-corrected chi connectivity index (χ4v) is 2.55. The molecule has 0 bridgehead atoms. The standard InChI is InChI=1S/C12H20N2O3/c1-14(10-3-2-4-10)12(17)13-9-6-5-8(7-9)11(15)16/h8-10H,2-7H2,1H3,(H,13,17)(H,15,16). The number of hydrogen-bond acceptors (Lipinski definition) is 2. The van der Waals surface area contributed by atoms with Gasteiger partial charge in [-0.25, -0.2) is 4.79 Å². The highest BCUT2D eigenvalue weighted by atomic mass is 16.4. The summed E-state index contributed by atoms with van der Waals surface area (Å²) in [5.74, 6) is -1.02. The van der Waals surface area contributed by atoms with E-state index in [0.717, 1.165) is 19.3 Å². The molecule has 2 unspecified atom stereocenters. The Balaban J connectivity index is 1.77. The molecule has 96 valence electrons. The summed E-state index contributed by atoms with van der Waals surface area (Å²) in [5, 5.41) is 11.8. The molecule has 0 heterocycles. The first-order valence-electron chi connectivity index (χ1n) is 6.34. The highest BCUT2D eigenvalue weighted by Gasteiger charge is 2.32. The molecule has 0 radical (unpaired) electrons. The van der Waals surface area contributed by atoms with E-state index in [4.69, 9.17) is 5.11 Å². The van der Waals surface area contributed by atoms with Crippen molar-refractivity contribution in [2.75, 3.05) is 7.05 Å². The van der Waals surface area contributed by atoms with E-state index in [1.807, 2.05) is 7.05 Å². The van der Waals surface area contributed by atoms with Crippen molar-refractivity contribution in [3.63, 3.8) is 0 Å². The number of carbonyl (C=O) groups excluding carboxylic acids is 1. The second kappa shape index (κ2) is 4.94. The van der Waals surface area contributed by atoms with Gasteiger partial charge < -0.3 is 15.3 Å². The van der Waals surface area contributed by atoms with Gasteiger partial charge in [-0.1, -0.05) is 0 Å². The summed E-state index contributed by atoms with van der Waals surface area (Å²) in [4.78, 5) is 24.4. The van der Waals surface area contributed by atoms with Crippen molar-refractivity contribution in [1.29, 1.82) is 0 Å². The van der Waals surface area contributed by atoms with Crippen LogP contribution < -0.4 is 5.32 Å². The number of hydrogen-bond donors (Lipinski definition) is 2. The Morgan fingerprint density at radius 2 is 1.94 bits per heavy atom. The fourth-order valence-electron chi connectivity index (χ4n) is 2.55. The Bertz CT molecular complexity index is 315. The van der Waals surface area contributed by atoms with E-state index < -0.39 is 5.97 Å². The number of nitrogens with one attached hydrogen (secondary N) is 1. The number of carboxylic acid groups (broad SMARTS) is 1. The molecule has 2 amide bonds. The van der Waals surface area contributed by atoms with Crippen molar-refractivity contribution in [1.82, 2.24) is 10.2 Å². The van der Waals surface area contributed by atoms with Crippen LogP contribution in [0.25, 0.3) is 0 Å². The summed E-state index contributed by atoms with van der Waals surface area (Å²) in [6.07, 6.45) is 5.40. The summed E-state index contributed by atoms with van der Waals surface area (Å²) < 4.78 is 0. The molecular weight excluding hydrogens is 220 g/mol. The molecular formula is C12H20N2O3. The van der Waals surface area contributed by atoms with Gasteiger partial charge in [0, 0.05) is 19.1 Å². The van der Waals surface area contributed by atoms with E-state index in [9.17, 15) is 9.59 Å². The van der Waals surface area contributed by atoms with Crippen molar-refractivity contribution in [2.45, 2.75) is 50.6 Å². The maximum absolute atomic E-state index is 11.9. The maximum atomic E-state index is 11.9. The molecule has 2 N–H and O–H groups in total. The second-order valence-electron chi connectivity index (χ2n) is 5.19. The quantitative estimate of drug-likeness (QED) is 0.784. The summed E-state index contributed by atoms with van der Waals surface area (Å²) in [5.41, 5.74) is 0. The molecule has 0 spiro atoms. The second-order valence-corrected chi connectivity index (χ2v) is 5.19. The lowest BCUT2D eigenvalue weighted by Crippen LogP contribution is -2.49. The van der Waals surface area contributed by atoms with E-state index in [1.165, 1.54) is 6.42 Å². The van der Waals surface area contributed by atoms with Crippen molar-refractivity contribution in [3.8, 4) is 0 Å². The van der Waals surface area contributed by atoms with Gasteiger partial charge in [-0.2, -0.15) is 0 Å². The molecule has 2 atom stereocenters. The first-order valence-corrected chi connectivity index (χ1v) is 6.34. The van der Waals surface area contributed by atoms with Crippen molar-refractivity contribution < 1.29 is 14.7 Å². The molecule has 0 aromatic heterocycles. The number of amides is 2. The van der Waals surface area contributed by atoms with Gasteiger partial charge >= 0.3 is 12.0 Å². The van der Waals surface area contributed by atoms with Gasteiger partial charge in [0.05, 0.1) is 5.92 Å². The predicted molar refractivity (Wildman–Crippen MR) is 62.7 cm³/mol. The predicted octanol–water partition coefficient (Wildman–Crippen LogP) is 1.43. The van der Waals surface area contributed by atoms with Gasteiger partial charge in [-0.05, 0) is 38.5 Å². The highest BCUT2D eigenvalue weighted by molar-refractivity contribution is 5.75. The first-order chi connectivity index (χ1) is 8.08. The topological polar surface area (TPSA) is 69.6 Å². The number of carbonyl (C=O) groups is 2. The van der Waals surface area contributed by atoms with Crippen LogP contribution in [0.3, 0.4) is 0 Å². The minimum Gasteiger partial charge on any atom is -0.481 e. The summed E-state index contributed by atoms with van der Waals surface area (Å²) in [6.45, 7) is 0. The van der Waals surface area contributed by atoms with Crippen LogP contribution in [0.15, 0.2) is 0 Å². The molecule has 0 aromatic rings. The lowest BCUT2D eigenvalue weighted by molar-refractivity contribution is -0.141. The van der Waals surface area contributed by atoms with Crippen LogP contribution >= 0.6 is 0 Å². The molecule has 5 nitrogen and oxygen atoms in total. The zero-order chi connectivity index (χ0) is 12.4. The molecule has 2 fully saturated rings. The Kier molecular flexibility index (Phi) is 3.54. The molecule has 0 aliphatic heterocycles. The lowest BCUT2D eigenvalue weighted by atomic mass is 9.92. The number of aliphatic carboxylic acids is 1. The summed E-state index contributed by atoms with van der Waals surface area (Å²) >= 11 is 0. The van der Waals surface area contributed by atoms with Gasteiger partial charge in [0.2, 0.25) is 0 Å². The molecule has 2 aliphatic carbocycles. The molecule has 2 rings (SSSR count). The van der Waals surface area contributed by atoms with Crippen LogP contribution in [0.5, 0.6) is 0 Å². The van der Waals surface area contributed by atoms with Gasteiger partial charge in [0.1, 0.15) is 0 Å². The van der Waals surface area contributed by atoms with E-state index in [2.05, 4.69) is 5.32 Å². The minimum atomic E-state index is -0.742. The summed E-state index contributed by atoms with van der Waals surface area (Å²) in [6, 6.07) is 0.364. The fraction of sp³-hybridized carbons (Fsp3) is 0.833. The third-order valence-electron chi connectivity index (χ3n) is 4.05. The molecule has 17 heavy (non-hydrogen) atoms. The number of nitrogens with zero attached hydrogens (tertiary/aromatic N) is 1. The average molecular weight is 240 g/mol. The van der Waals surface area contributed by atoms with Gasteiger partial charge in [0.15, 0.2) is 0 Å². The number of carboxylic acids is 1. The Labute approximate surface area is 101 Å². The first kappa shape index (κ1) is 12.2. The van der Waals surface area contributed by atoms with Crippen LogP contribution in [0, 0.1) is 5.92 Å². The number of rotatable bonds is 3. The van der Waals surface area contributed by atoms with Crippen molar-refractivity contribution in [2.24, 2.45) is 5.92 Å². The van der Waals surface area contributed by atoms with E-state index >= 15 is 0 Å². The lowest BCUT2D eigenvalue weighted by Gasteiger charge is -2.35. The molecule has 2 aliphatic rings. The van der Waals surface area contributed by atoms with E-state index in [1.54, 1.807) is 4.90 Å². The van der Waals surface area contributed by atoms with Crippen LogP contribution in [-0.4, -0.2) is 41.1 Å². The zero-order valence-electron chi connectivity index (χ0n) is 10.2. The third-order valence-corrected chi connectivity index (χ3v) is 4.05. The Morgan fingerprint density at radius 1 is 1.24 bits per heavy atom.